The lowest BCUT2D eigenvalue weighted by molar-refractivity contribution is 0.275. The molecule has 0 amide bonds. The summed E-state index contributed by atoms with van der Waals surface area (Å²) >= 11 is 0. The predicted molar refractivity (Wildman–Crippen MR) is 51.3 cm³/mol. The Hall–Kier alpha value is 0.177. The van der Waals surface area contributed by atoms with Crippen molar-refractivity contribution >= 4 is 10.4 Å². The maximum absolute atomic E-state index is 2.58. The lowest BCUT2D eigenvalue weighted by atomic mass is 10.2. The lowest BCUT2D eigenvalue weighted by Gasteiger charge is -2.29. The van der Waals surface area contributed by atoms with Crippen LogP contribution in [0.3, 0.4) is 0 Å². The van der Waals surface area contributed by atoms with Crippen molar-refractivity contribution in [2.45, 2.75) is 52.6 Å². The van der Waals surface area contributed by atoms with E-state index in [2.05, 4.69) is 32.3 Å². The van der Waals surface area contributed by atoms with Crippen molar-refractivity contribution in [2.24, 2.45) is 0 Å². The molecule has 62 valence electrons. The smallest absolute Gasteiger partial charge is 0.0791 e. The molecule has 0 aromatic rings. The summed E-state index contributed by atoms with van der Waals surface area (Å²) in [6.07, 6.45) is 2.57. The Bertz CT molecular complexity index is 75.3. The van der Waals surface area contributed by atoms with Crippen LogP contribution >= 0.6 is 0 Å². The van der Waals surface area contributed by atoms with Crippen molar-refractivity contribution in [3.8, 4) is 0 Å². The van der Waals surface area contributed by atoms with Crippen molar-refractivity contribution in [3.05, 3.63) is 0 Å². The van der Waals surface area contributed by atoms with Gasteiger partial charge in [0.2, 0.25) is 0 Å². The minimum atomic E-state index is 0.793. The second-order valence-corrected chi connectivity index (χ2v) is 4.21. The third kappa shape index (κ3) is 2.84. The Morgan fingerprint density at radius 2 is 1.40 bits per heavy atom. The largest absolute Gasteiger partial charge is 0.327 e. The van der Waals surface area contributed by atoms with Crippen LogP contribution in [-0.2, 0) is 0 Å². The lowest BCUT2D eigenvalue weighted by Crippen LogP contribution is -2.37. The van der Waals surface area contributed by atoms with Crippen LogP contribution in [0.1, 0.15) is 40.5 Å². The number of nitrogens with zero attached hydrogens (tertiary/aromatic N) is 1. The van der Waals surface area contributed by atoms with Crippen molar-refractivity contribution < 1.29 is 0 Å². The highest BCUT2D eigenvalue weighted by atomic mass is 28.2. The summed E-state index contributed by atoms with van der Waals surface area (Å²) in [6, 6.07) is 1.59. The number of hydrogen-bond donors (Lipinski definition) is 0. The average Bonchev–Trinajstić information content (AvgIpc) is 2.00. The third-order valence-corrected chi connectivity index (χ3v) is 4.34. The molecule has 0 N–H and O–H groups in total. The van der Waals surface area contributed by atoms with Gasteiger partial charge in [-0.25, -0.2) is 0 Å². The predicted octanol–water partition coefficient (Wildman–Crippen LogP) is 1.17. The molecule has 0 spiro atoms. The van der Waals surface area contributed by atoms with Crippen molar-refractivity contribution in [1.29, 1.82) is 0 Å². The van der Waals surface area contributed by atoms with Crippen molar-refractivity contribution in [2.75, 3.05) is 0 Å². The van der Waals surface area contributed by atoms with Gasteiger partial charge in [0.25, 0.3) is 0 Å². The summed E-state index contributed by atoms with van der Waals surface area (Å²) in [5, 5.41) is 0. The van der Waals surface area contributed by atoms with E-state index in [4.69, 9.17) is 0 Å². The average molecular weight is 159 g/mol. The first-order valence-corrected chi connectivity index (χ1v) is 5.24. The first-order valence-electron chi connectivity index (χ1n) is 4.35. The van der Waals surface area contributed by atoms with E-state index >= 15 is 0 Å². The van der Waals surface area contributed by atoms with E-state index < -0.39 is 0 Å². The fourth-order valence-electron chi connectivity index (χ4n) is 1.01. The molecule has 0 bridgehead atoms. The molecule has 1 nitrogen and oxygen atoms in total. The van der Waals surface area contributed by atoms with Crippen LogP contribution in [-0.4, -0.2) is 27.1 Å². The van der Waals surface area contributed by atoms with E-state index in [9.17, 15) is 0 Å². The van der Waals surface area contributed by atoms with Gasteiger partial charge in [-0.05, 0) is 24.9 Å². The molecule has 0 rings (SSSR count). The van der Waals surface area contributed by atoms with Crippen molar-refractivity contribution in [3.63, 3.8) is 0 Å². The van der Waals surface area contributed by atoms with E-state index in [0.29, 0.717) is 0 Å². The molecule has 0 aromatic heterocycles. The molecular weight excluding hydrogens is 138 g/mol. The Morgan fingerprint density at radius 3 is 1.60 bits per heavy atom. The van der Waals surface area contributed by atoms with E-state index in [-0.39, 0.29) is 0 Å². The highest BCUT2D eigenvalue weighted by Crippen LogP contribution is 2.06. The molecule has 0 aliphatic carbocycles. The zero-order valence-corrected chi connectivity index (χ0v) is 10.0. The fraction of sp³-hybridized carbons (Fsp3) is 1.00. The molecule has 0 saturated carbocycles. The topological polar surface area (TPSA) is 3.24 Å². The summed E-state index contributed by atoms with van der Waals surface area (Å²) < 4.78 is 2.58. The number of hydrogen-bond acceptors (Lipinski definition) is 1. The van der Waals surface area contributed by atoms with Gasteiger partial charge in [-0.1, -0.05) is 27.7 Å². The van der Waals surface area contributed by atoms with Crippen LogP contribution in [0.5, 0.6) is 0 Å². The highest BCUT2D eigenvalue weighted by molar-refractivity contribution is 6.04. The molecule has 2 atom stereocenters. The second kappa shape index (κ2) is 4.91. The van der Waals surface area contributed by atoms with Crippen molar-refractivity contribution in [1.82, 2.24) is 4.57 Å². The minimum Gasteiger partial charge on any atom is -0.327 e. The Kier molecular flexibility index (Phi) is 5.00. The van der Waals surface area contributed by atoms with Gasteiger partial charge in [0.15, 0.2) is 0 Å². The Labute approximate surface area is 68.3 Å². The van der Waals surface area contributed by atoms with Crippen LogP contribution in [0.15, 0.2) is 0 Å². The molecule has 0 fully saturated rings. The van der Waals surface area contributed by atoms with Crippen LogP contribution in [0.25, 0.3) is 0 Å². The summed E-state index contributed by atoms with van der Waals surface area (Å²) in [6.45, 7) is 9.16. The van der Waals surface area contributed by atoms with Gasteiger partial charge >= 0.3 is 0 Å². The zero-order chi connectivity index (χ0) is 8.15. The fourth-order valence-corrected chi connectivity index (χ4v) is 1.74. The molecule has 0 aliphatic rings. The summed E-state index contributed by atoms with van der Waals surface area (Å²) in [7, 11) is 1.21. The molecule has 2 heteroatoms. The highest BCUT2D eigenvalue weighted by Gasteiger charge is 2.10. The molecule has 0 saturated heterocycles. The van der Waals surface area contributed by atoms with Gasteiger partial charge in [-0.3, -0.25) is 0 Å². The van der Waals surface area contributed by atoms with Gasteiger partial charge in [0.1, 0.15) is 0 Å². The molecule has 10 heavy (non-hydrogen) atoms. The molecule has 0 aromatic carbocycles. The van der Waals surface area contributed by atoms with Gasteiger partial charge in [0, 0.05) is 0 Å². The van der Waals surface area contributed by atoms with E-state index in [1.807, 2.05) is 0 Å². The summed E-state index contributed by atoms with van der Waals surface area (Å²) in [4.78, 5) is 0. The van der Waals surface area contributed by atoms with Crippen LogP contribution < -0.4 is 0 Å². The number of rotatable bonds is 4. The molecule has 0 aliphatic heterocycles. The quantitative estimate of drug-likeness (QED) is 0.557. The zero-order valence-electron chi connectivity index (χ0n) is 8.02. The molecule has 0 unspecified atom stereocenters. The van der Waals surface area contributed by atoms with E-state index in [1.165, 1.54) is 23.2 Å². The van der Waals surface area contributed by atoms with Crippen LogP contribution in [0.2, 0.25) is 0 Å². The monoisotopic (exact) mass is 159 g/mol. The van der Waals surface area contributed by atoms with Gasteiger partial charge in [-0.2, -0.15) is 0 Å². The first kappa shape index (κ1) is 10.2. The van der Waals surface area contributed by atoms with Gasteiger partial charge < -0.3 is 4.57 Å². The summed E-state index contributed by atoms with van der Waals surface area (Å²) in [5.74, 6) is 0. The van der Waals surface area contributed by atoms with Gasteiger partial charge in [0.05, 0.1) is 10.4 Å². The minimum absolute atomic E-state index is 0.793. The summed E-state index contributed by atoms with van der Waals surface area (Å²) in [5.41, 5.74) is 0. The molecule has 0 heterocycles. The maximum Gasteiger partial charge on any atom is 0.0791 e. The molecular formula is C8H21NSi. The Morgan fingerprint density at radius 1 is 1.10 bits per heavy atom. The maximum atomic E-state index is 2.58. The van der Waals surface area contributed by atoms with Crippen LogP contribution in [0, 0.1) is 0 Å². The van der Waals surface area contributed by atoms with E-state index in [0.717, 1.165) is 12.1 Å². The van der Waals surface area contributed by atoms with E-state index in [1.54, 1.807) is 0 Å². The standard InChI is InChI=1S/C8H21NSi/c1-5-7(3)9(10)8(4)6-2/h7-8H,5-6H2,1-4,10H3/t7-,8-/m1/s1. The SMILES string of the molecule is CC[C@@H](C)N([SiH3])[C@H](C)CC. The third-order valence-electron chi connectivity index (χ3n) is 2.57. The van der Waals surface area contributed by atoms with Gasteiger partial charge in [-0.15, -0.1) is 0 Å². The Balaban J connectivity index is 3.69. The first-order chi connectivity index (χ1) is 4.63. The molecule has 0 radical (unpaired) electrons. The van der Waals surface area contributed by atoms with Crippen LogP contribution in [0.4, 0.5) is 0 Å². The normalized spacial score (nSPS) is 17.7. The second-order valence-electron chi connectivity index (χ2n) is 3.18.